The van der Waals surface area contributed by atoms with Gasteiger partial charge in [-0.15, -0.1) is 5.10 Å². The summed E-state index contributed by atoms with van der Waals surface area (Å²) < 4.78 is 14.0. The van der Waals surface area contributed by atoms with E-state index in [1.165, 1.54) is 24.6 Å². The third-order valence-electron chi connectivity index (χ3n) is 7.86. The number of aromatic nitrogens is 3. The van der Waals surface area contributed by atoms with Crippen LogP contribution in [0.1, 0.15) is 74.8 Å². The maximum Gasteiger partial charge on any atom is 0.255 e. The van der Waals surface area contributed by atoms with E-state index in [0.29, 0.717) is 57.9 Å². The maximum absolute atomic E-state index is 14.1. The first kappa shape index (κ1) is 33.4. The molecule has 1 atom stereocenters. The number of allylic oxidation sites excluding steroid dienone is 1. The monoisotopic (exact) mass is 659 g/mol. The van der Waals surface area contributed by atoms with E-state index in [9.17, 15) is 4.79 Å². The van der Waals surface area contributed by atoms with Crippen molar-refractivity contribution >= 4 is 40.9 Å². The Bertz CT molecular complexity index is 1720. The van der Waals surface area contributed by atoms with Gasteiger partial charge < -0.3 is 20.1 Å². The van der Waals surface area contributed by atoms with Crippen LogP contribution in [0.4, 0.5) is 11.6 Å². The molecule has 4 aromatic rings. The van der Waals surface area contributed by atoms with Gasteiger partial charge in [-0.25, -0.2) is 4.68 Å². The number of nitrogens with one attached hydrogen (secondary N) is 2. The Morgan fingerprint density at radius 1 is 1.00 bits per heavy atom. The molecule has 10 heteroatoms. The maximum atomic E-state index is 14.1. The minimum atomic E-state index is -0.568. The van der Waals surface area contributed by atoms with Gasteiger partial charge in [0.05, 0.1) is 18.8 Å². The van der Waals surface area contributed by atoms with Crippen LogP contribution in [-0.2, 0) is 10.5 Å². The average molecular weight is 660 g/mol. The van der Waals surface area contributed by atoms with Crippen LogP contribution in [-0.4, -0.2) is 33.9 Å². The quantitative estimate of drug-likeness (QED) is 0.103. The Kier molecular flexibility index (Phi) is 11.3. The first-order chi connectivity index (χ1) is 22.3. The van der Waals surface area contributed by atoms with E-state index < -0.39 is 6.04 Å². The lowest BCUT2D eigenvalue weighted by atomic mass is 9.94. The van der Waals surface area contributed by atoms with Crippen LogP contribution < -0.4 is 20.1 Å². The molecule has 46 heavy (non-hydrogen) atoms. The topological polar surface area (TPSA) is 90.3 Å². The number of amides is 1. The highest BCUT2D eigenvalue weighted by molar-refractivity contribution is 7.98. The number of anilines is 2. The number of carbonyl (C=O) groups is 1. The van der Waals surface area contributed by atoms with Gasteiger partial charge in [0.1, 0.15) is 6.04 Å². The Labute approximate surface area is 280 Å². The van der Waals surface area contributed by atoms with Crippen LogP contribution in [0.25, 0.3) is 0 Å². The average Bonchev–Trinajstić information content (AvgIpc) is 3.44. The number of thioether (sulfide) groups is 1. The molecule has 242 valence electrons. The minimum absolute atomic E-state index is 0.220. The van der Waals surface area contributed by atoms with Crippen molar-refractivity contribution in [2.24, 2.45) is 0 Å². The fourth-order valence-corrected chi connectivity index (χ4v) is 6.60. The van der Waals surface area contributed by atoms with Gasteiger partial charge in [-0.1, -0.05) is 91.5 Å². The van der Waals surface area contributed by atoms with E-state index in [1.54, 1.807) is 4.68 Å². The Morgan fingerprint density at radius 3 is 2.59 bits per heavy atom. The predicted molar refractivity (Wildman–Crippen MR) is 187 cm³/mol. The lowest BCUT2D eigenvalue weighted by Crippen LogP contribution is -2.31. The molecule has 8 nitrogen and oxygen atoms in total. The summed E-state index contributed by atoms with van der Waals surface area (Å²) in [4.78, 5) is 18.9. The van der Waals surface area contributed by atoms with Crippen LogP contribution in [0, 0.1) is 13.8 Å². The molecule has 0 fully saturated rings. The molecule has 1 aromatic heterocycles. The smallest absolute Gasteiger partial charge is 0.255 e. The Hall–Kier alpha value is -3.95. The van der Waals surface area contributed by atoms with Crippen molar-refractivity contribution in [2.45, 2.75) is 77.3 Å². The number of unbranched alkanes of at least 4 members (excludes halogenated alkanes) is 3. The van der Waals surface area contributed by atoms with E-state index in [2.05, 4.69) is 23.6 Å². The highest BCUT2D eigenvalue weighted by Crippen LogP contribution is 2.40. The molecule has 2 heterocycles. The number of halogens is 1. The zero-order chi connectivity index (χ0) is 32.6. The molecule has 0 radical (unpaired) electrons. The molecule has 1 aliphatic heterocycles. The molecule has 1 amide bonds. The van der Waals surface area contributed by atoms with Crippen LogP contribution in [0.2, 0.25) is 5.02 Å². The molecular formula is C36H42ClN5O3S. The number of fused-ring (bicyclic) bond motifs is 1. The summed E-state index contributed by atoms with van der Waals surface area (Å²) in [6.45, 7) is 11.2. The molecule has 1 unspecified atom stereocenters. The standard InChI is InChI=1S/C36H42ClN5O3S/c1-6-8-9-12-19-45-30-18-16-26(21-31(30)44-7-2)33-32(34(43)39-29-17-15-23(3)20-24(29)4)25(5)38-35-40-36(41-42(33)35)46-22-27-13-10-11-14-28(27)37/h10-11,13-18,20-21,33H,6-9,12,19,22H2,1-5H3,(H,39,43)(H,38,40,41). The largest absolute Gasteiger partial charge is 0.490 e. The fraction of sp³-hybridized carbons (Fsp3) is 0.361. The summed E-state index contributed by atoms with van der Waals surface area (Å²) in [5, 5.41) is 12.7. The van der Waals surface area contributed by atoms with E-state index in [0.717, 1.165) is 40.8 Å². The molecule has 5 rings (SSSR count). The minimum Gasteiger partial charge on any atom is -0.490 e. The van der Waals surface area contributed by atoms with E-state index in [1.807, 2.05) is 82.3 Å². The normalized spacial score (nSPS) is 14.1. The number of hydrogen-bond donors (Lipinski definition) is 2. The summed E-state index contributed by atoms with van der Waals surface area (Å²) in [6.07, 6.45) is 4.47. The zero-order valence-corrected chi connectivity index (χ0v) is 28.7. The third-order valence-corrected chi connectivity index (χ3v) is 9.12. The number of ether oxygens (including phenoxy) is 2. The van der Waals surface area contributed by atoms with E-state index in [4.69, 9.17) is 31.2 Å². The van der Waals surface area contributed by atoms with Crippen LogP contribution in [0.5, 0.6) is 11.5 Å². The fourth-order valence-electron chi connectivity index (χ4n) is 5.49. The van der Waals surface area contributed by atoms with Gasteiger partial charge in [-0.3, -0.25) is 4.79 Å². The van der Waals surface area contributed by atoms with Gasteiger partial charge in [0.15, 0.2) is 11.5 Å². The van der Waals surface area contributed by atoms with Crippen LogP contribution in [0.15, 0.2) is 77.1 Å². The van der Waals surface area contributed by atoms with Crippen LogP contribution in [0.3, 0.4) is 0 Å². The van der Waals surface area contributed by atoms with Crippen molar-refractivity contribution in [2.75, 3.05) is 23.8 Å². The lowest BCUT2D eigenvalue weighted by molar-refractivity contribution is -0.113. The molecule has 1 aliphatic rings. The number of rotatable bonds is 14. The van der Waals surface area contributed by atoms with Gasteiger partial charge in [0, 0.05) is 22.2 Å². The van der Waals surface area contributed by atoms with Crippen molar-refractivity contribution in [3.8, 4) is 11.5 Å². The first-order valence-electron chi connectivity index (χ1n) is 15.9. The molecule has 3 aromatic carbocycles. The first-order valence-corrected chi connectivity index (χ1v) is 17.2. The Morgan fingerprint density at radius 2 is 1.83 bits per heavy atom. The molecule has 0 saturated carbocycles. The molecule has 0 aliphatic carbocycles. The summed E-state index contributed by atoms with van der Waals surface area (Å²) in [7, 11) is 0. The van der Waals surface area contributed by atoms with Crippen molar-refractivity contribution in [3.05, 3.63) is 99.2 Å². The SMILES string of the molecule is CCCCCCOc1ccc(C2C(C(=O)Nc3ccc(C)cc3C)=C(C)Nc3nc(SCc4ccccc4Cl)nn32)cc1OCC. The third kappa shape index (κ3) is 7.88. The van der Waals surface area contributed by atoms with E-state index in [-0.39, 0.29) is 5.91 Å². The number of carbonyl (C=O) groups excluding carboxylic acids is 1. The Balaban J connectivity index is 1.50. The van der Waals surface area contributed by atoms with Crippen molar-refractivity contribution in [3.63, 3.8) is 0 Å². The summed E-state index contributed by atoms with van der Waals surface area (Å²) >= 11 is 7.91. The molecule has 0 saturated heterocycles. The van der Waals surface area contributed by atoms with Crippen molar-refractivity contribution in [1.82, 2.24) is 14.8 Å². The van der Waals surface area contributed by atoms with Gasteiger partial charge in [0.25, 0.3) is 5.91 Å². The molecule has 0 spiro atoms. The number of nitrogens with zero attached hydrogens (tertiary/aromatic N) is 3. The van der Waals surface area contributed by atoms with Gasteiger partial charge in [-0.2, -0.15) is 4.98 Å². The van der Waals surface area contributed by atoms with Gasteiger partial charge in [-0.05, 0) is 75.1 Å². The highest BCUT2D eigenvalue weighted by Gasteiger charge is 2.35. The lowest BCUT2D eigenvalue weighted by Gasteiger charge is -2.29. The highest BCUT2D eigenvalue weighted by atomic mass is 35.5. The van der Waals surface area contributed by atoms with Gasteiger partial charge >= 0.3 is 0 Å². The predicted octanol–water partition coefficient (Wildman–Crippen LogP) is 9.13. The summed E-state index contributed by atoms with van der Waals surface area (Å²) in [6, 6.07) is 19.1. The van der Waals surface area contributed by atoms with Crippen molar-refractivity contribution in [1.29, 1.82) is 0 Å². The van der Waals surface area contributed by atoms with Crippen LogP contribution >= 0.6 is 23.4 Å². The van der Waals surface area contributed by atoms with E-state index >= 15 is 0 Å². The zero-order valence-electron chi connectivity index (χ0n) is 27.2. The number of aryl methyl sites for hydroxylation is 2. The molecule has 2 N–H and O–H groups in total. The molecule has 0 bridgehead atoms. The molecular weight excluding hydrogens is 618 g/mol. The second-order valence-electron chi connectivity index (χ2n) is 11.4. The second-order valence-corrected chi connectivity index (χ2v) is 12.8. The van der Waals surface area contributed by atoms with Crippen molar-refractivity contribution < 1.29 is 14.3 Å². The second kappa shape index (κ2) is 15.6. The number of benzene rings is 3. The van der Waals surface area contributed by atoms with Gasteiger partial charge in [0.2, 0.25) is 11.1 Å². The number of hydrogen-bond acceptors (Lipinski definition) is 7. The summed E-state index contributed by atoms with van der Waals surface area (Å²) in [5.41, 5.74) is 5.96. The summed E-state index contributed by atoms with van der Waals surface area (Å²) in [5.74, 6) is 2.27.